The van der Waals surface area contributed by atoms with Gasteiger partial charge >= 0.3 is 0 Å². The number of hydrogen-bond donors (Lipinski definition) is 2. The van der Waals surface area contributed by atoms with Crippen LogP contribution < -0.4 is 4.72 Å². The lowest BCUT2D eigenvalue weighted by Gasteiger charge is -2.13. The van der Waals surface area contributed by atoms with Crippen molar-refractivity contribution < 1.29 is 13.5 Å². The van der Waals surface area contributed by atoms with Crippen molar-refractivity contribution in [3.63, 3.8) is 0 Å². The van der Waals surface area contributed by atoms with E-state index in [1.807, 2.05) is 6.92 Å². The third kappa shape index (κ3) is 6.59. The number of hydrogen-bond acceptors (Lipinski definition) is 3. The molecule has 0 radical (unpaired) electrons. The molecule has 0 aliphatic rings. The van der Waals surface area contributed by atoms with E-state index in [1.54, 1.807) is 0 Å². The Bertz CT molecular complexity index is 227. The number of alkyl halides is 1. The number of rotatable bonds is 8. The van der Waals surface area contributed by atoms with Gasteiger partial charge in [0.05, 0.1) is 12.4 Å². The zero-order chi connectivity index (χ0) is 11.0. The molecule has 0 saturated carbocycles. The maximum absolute atomic E-state index is 11.4. The number of unbranched alkanes of at least 4 members (excludes halogenated alkanes) is 1. The van der Waals surface area contributed by atoms with E-state index in [9.17, 15) is 8.42 Å². The molecule has 2 N–H and O–H groups in total. The number of aliphatic hydroxyl groups is 1. The zero-order valence-corrected chi connectivity index (χ0v) is 9.94. The van der Waals surface area contributed by atoms with Gasteiger partial charge in [-0.1, -0.05) is 6.92 Å². The summed E-state index contributed by atoms with van der Waals surface area (Å²) in [6.07, 6.45) is 1.84. The van der Waals surface area contributed by atoms with Crippen LogP contribution in [0, 0.1) is 0 Å². The van der Waals surface area contributed by atoms with Crippen LogP contribution in [0.25, 0.3) is 0 Å². The van der Waals surface area contributed by atoms with Crippen molar-refractivity contribution in [1.82, 2.24) is 4.72 Å². The lowest BCUT2D eigenvalue weighted by atomic mass is 10.3. The Labute approximate surface area is 90.7 Å². The van der Waals surface area contributed by atoms with Crippen LogP contribution in [0.1, 0.15) is 26.2 Å². The van der Waals surface area contributed by atoms with E-state index in [-0.39, 0.29) is 18.4 Å². The minimum absolute atomic E-state index is 0.0796. The fraction of sp³-hybridized carbons (Fsp3) is 1.00. The van der Waals surface area contributed by atoms with Crippen molar-refractivity contribution in [2.75, 3.05) is 18.2 Å². The summed E-state index contributed by atoms with van der Waals surface area (Å²) in [5.74, 6) is 0.558. The first-order valence-electron chi connectivity index (χ1n) is 4.72. The van der Waals surface area contributed by atoms with Gasteiger partial charge in [-0.15, -0.1) is 11.6 Å². The SMILES string of the molecule is CC[C@@H](CO)NS(=O)(=O)CCCCCl. The van der Waals surface area contributed by atoms with Gasteiger partial charge in [-0.2, -0.15) is 0 Å². The monoisotopic (exact) mass is 243 g/mol. The summed E-state index contributed by atoms with van der Waals surface area (Å²) in [5.41, 5.74) is 0. The maximum Gasteiger partial charge on any atom is 0.211 e. The summed E-state index contributed by atoms with van der Waals surface area (Å²) in [5, 5.41) is 8.81. The van der Waals surface area contributed by atoms with E-state index in [4.69, 9.17) is 16.7 Å². The first kappa shape index (κ1) is 14.2. The third-order valence-corrected chi connectivity index (χ3v) is 3.64. The van der Waals surface area contributed by atoms with Crippen LogP contribution in [0.4, 0.5) is 0 Å². The Morgan fingerprint density at radius 3 is 2.50 bits per heavy atom. The molecule has 86 valence electrons. The van der Waals surface area contributed by atoms with Crippen LogP contribution in [-0.4, -0.2) is 37.8 Å². The normalized spacial score (nSPS) is 14.2. The molecule has 0 saturated heterocycles. The van der Waals surface area contributed by atoms with Crippen molar-refractivity contribution >= 4 is 21.6 Å². The molecule has 0 aromatic carbocycles. The molecule has 0 aromatic heterocycles. The Morgan fingerprint density at radius 1 is 1.43 bits per heavy atom. The number of sulfonamides is 1. The zero-order valence-electron chi connectivity index (χ0n) is 8.37. The fourth-order valence-corrected chi connectivity index (χ4v) is 2.59. The smallest absolute Gasteiger partial charge is 0.211 e. The van der Waals surface area contributed by atoms with Gasteiger partial charge < -0.3 is 5.11 Å². The van der Waals surface area contributed by atoms with E-state index in [0.717, 1.165) is 0 Å². The Balaban J connectivity index is 3.93. The summed E-state index contributed by atoms with van der Waals surface area (Å²) in [6.45, 7) is 1.66. The molecule has 1 atom stereocenters. The molecule has 0 aromatic rings. The Morgan fingerprint density at radius 2 is 2.07 bits per heavy atom. The second-order valence-electron chi connectivity index (χ2n) is 3.12. The highest BCUT2D eigenvalue weighted by atomic mass is 35.5. The highest BCUT2D eigenvalue weighted by Gasteiger charge is 2.14. The maximum atomic E-state index is 11.4. The van der Waals surface area contributed by atoms with Crippen molar-refractivity contribution in [3.05, 3.63) is 0 Å². The standard InChI is InChI=1S/C8H18ClNO3S/c1-2-8(7-11)10-14(12,13)6-4-3-5-9/h8,10-11H,2-7H2,1H3/t8-/m0/s1. The highest BCUT2D eigenvalue weighted by Crippen LogP contribution is 1.99. The van der Waals surface area contributed by atoms with Crippen LogP contribution in [0.5, 0.6) is 0 Å². The second-order valence-corrected chi connectivity index (χ2v) is 5.37. The summed E-state index contributed by atoms with van der Waals surface area (Å²) in [6, 6.07) is -0.365. The van der Waals surface area contributed by atoms with Crippen LogP contribution in [-0.2, 0) is 10.0 Å². The molecule has 0 amide bonds. The average Bonchev–Trinajstić information content (AvgIpc) is 2.14. The Hall–Kier alpha value is 0.160. The minimum Gasteiger partial charge on any atom is -0.395 e. The molecule has 0 aliphatic heterocycles. The summed E-state index contributed by atoms with van der Waals surface area (Å²) in [4.78, 5) is 0. The molecule has 14 heavy (non-hydrogen) atoms. The van der Waals surface area contributed by atoms with Crippen molar-refractivity contribution in [1.29, 1.82) is 0 Å². The molecule has 0 heterocycles. The van der Waals surface area contributed by atoms with E-state index in [2.05, 4.69) is 4.72 Å². The third-order valence-electron chi connectivity index (χ3n) is 1.86. The van der Waals surface area contributed by atoms with Crippen LogP contribution in [0.3, 0.4) is 0 Å². The van der Waals surface area contributed by atoms with Crippen LogP contribution >= 0.6 is 11.6 Å². The summed E-state index contributed by atoms with van der Waals surface area (Å²) in [7, 11) is -3.25. The highest BCUT2D eigenvalue weighted by molar-refractivity contribution is 7.89. The predicted molar refractivity (Wildman–Crippen MR) is 58.0 cm³/mol. The van der Waals surface area contributed by atoms with Gasteiger partial charge in [-0.25, -0.2) is 13.1 Å². The fourth-order valence-electron chi connectivity index (χ4n) is 0.949. The molecule has 0 fully saturated rings. The molecule has 0 bridgehead atoms. The summed E-state index contributed by atoms with van der Waals surface area (Å²) < 4.78 is 25.2. The van der Waals surface area contributed by atoms with E-state index in [1.165, 1.54) is 0 Å². The van der Waals surface area contributed by atoms with Crippen molar-refractivity contribution in [3.8, 4) is 0 Å². The van der Waals surface area contributed by atoms with Gasteiger partial charge in [-0.3, -0.25) is 0 Å². The van der Waals surface area contributed by atoms with Gasteiger partial charge in [0, 0.05) is 11.9 Å². The van der Waals surface area contributed by atoms with Gasteiger partial charge in [0.25, 0.3) is 0 Å². The largest absolute Gasteiger partial charge is 0.395 e. The van der Waals surface area contributed by atoms with Gasteiger partial charge in [0.1, 0.15) is 0 Å². The molecular formula is C8H18ClNO3S. The van der Waals surface area contributed by atoms with Gasteiger partial charge in [0.15, 0.2) is 0 Å². The van der Waals surface area contributed by atoms with Gasteiger partial charge in [-0.05, 0) is 19.3 Å². The quantitative estimate of drug-likeness (QED) is 0.487. The van der Waals surface area contributed by atoms with E-state index >= 15 is 0 Å². The number of aliphatic hydroxyl groups excluding tert-OH is 1. The van der Waals surface area contributed by atoms with E-state index < -0.39 is 10.0 Å². The second kappa shape index (κ2) is 7.45. The van der Waals surface area contributed by atoms with Gasteiger partial charge in [0.2, 0.25) is 10.0 Å². The molecule has 4 nitrogen and oxygen atoms in total. The average molecular weight is 244 g/mol. The minimum atomic E-state index is -3.25. The topological polar surface area (TPSA) is 66.4 Å². The molecule has 6 heteroatoms. The summed E-state index contributed by atoms with van der Waals surface area (Å²) >= 11 is 5.44. The molecule has 0 spiro atoms. The first-order valence-corrected chi connectivity index (χ1v) is 6.91. The van der Waals surface area contributed by atoms with Crippen LogP contribution in [0.2, 0.25) is 0 Å². The molecule has 0 aliphatic carbocycles. The lowest BCUT2D eigenvalue weighted by Crippen LogP contribution is -2.38. The molecular weight excluding hydrogens is 226 g/mol. The predicted octanol–water partition coefficient (Wildman–Crippen LogP) is 0.696. The number of nitrogens with one attached hydrogen (secondary N) is 1. The van der Waals surface area contributed by atoms with Crippen molar-refractivity contribution in [2.45, 2.75) is 32.2 Å². The first-order chi connectivity index (χ1) is 6.55. The van der Waals surface area contributed by atoms with Crippen molar-refractivity contribution in [2.24, 2.45) is 0 Å². The Kier molecular flexibility index (Phi) is 7.54. The molecule has 0 unspecified atom stereocenters. The van der Waals surface area contributed by atoms with E-state index in [0.29, 0.717) is 25.1 Å². The molecule has 0 rings (SSSR count). The lowest BCUT2D eigenvalue weighted by molar-refractivity contribution is 0.254. The number of halogens is 1. The van der Waals surface area contributed by atoms with Crippen LogP contribution in [0.15, 0.2) is 0 Å².